The molecular formula is C13H13IN2O2. The van der Waals surface area contributed by atoms with Crippen LogP contribution >= 0.6 is 22.6 Å². The Morgan fingerprint density at radius 3 is 2.44 bits per heavy atom. The van der Waals surface area contributed by atoms with E-state index in [-0.39, 0.29) is 15.0 Å². The maximum absolute atomic E-state index is 11.5. The first-order valence-corrected chi connectivity index (χ1v) is 6.58. The summed E-state index contributed by atoms with van der Waals surface area (Å²) in [6, 6.07) is 6.18. The highest BCUT2D eigenvalue weighted by molar-refractivity contribution is 14.1. The van der Waals surface area contributed by atoms with Gasteiger partial charge in [-0.3, -0.25) is 4.79 Å². The maximum atomic E-state index is 11.5. The van der Waals surface area contributed by atoms with E-state index in [2.05, 4.69) is 16.0 Å². The molecule has 0 atom stereocenters. The summed E-state index contributed by atoms with van der Waals surface area (Å²) < 4.78 is 0.219. The average Bonchev–Trinajstić information content (AvgIpc) is 2.24. The number of aryl methyl sites for hydroxylation is 2. The smallest absolute Gasteiger partial charge is 0.268 e. The lowest BCUT2D eigenvalue weighted by Gasteiger charge is -2.05. The molecule has 1 aromatic carbocycles. The molecule has 1 heterocycles. The molecule has 0 spiro atoms. The lowest BCUT2D eigenvalue weighted by molar-refractivity contribution is 0.443. The van der Waals surface area contributed by atoms with Crippen LogP contribution in [0.15, 0.2) is 23.0 Å². The first-order chi connectivity index (χ1) is 8.45. The molecular weight excluding hydrogens is 343 g/mol. The van der Waals surface area contributed by atoms with Gasteiger partial charge in [0.05, 0.1) is 0 Å². The summed E-state index contributed by atoms with van der Waals surface area (Å²) in [6.07, 6.45) is 0.502. The van der Waals surface area contributed by atoms with Crippen LogP contribution in [-0.2, 0) is 6.42 Å². The van der Waals surface area contributed by atoms with Crippen LogP contribution in [0.3, 0.4) is 0 Å². The number of aromatic amines is 1. The minimum Gasteiger partial charge on any atom is -0.492 e. The molecule has 2 N–H and O–H groups in total. The normalized spacial score (nSPS) is 10.6. The zero-order chi connectivity index (χ0) is 13.3. The predicted octanol–water partition coefficient (Wildman–Crippen LogP) is 2.29. The van der Waals surface area contributed by atoms with E-state index in [0.29, 0.717) is 12.2 Å². The van der Waals surface area contributed by atoms with Gasteiger partial charge in [-0.15, -0.1) is 0 Å². The highest BCUT2D eigenvalue weighted by Gasteiger charge is 2.08. The minimum atomic E-state index is -0.303. The van der Waals surface area contributed by atoms with Crippen molar-refractivity contribution in [1.29, 1.82) is 0 Å². The van der Waals surface area contributed by atoms with Crippen LogP contribution in [0.2, 0.25) is 0 Å². The maximum Gasteiger partial charge on any atom is 0.268 e. The number of halogens is 1. The molecule has 0 saturated carbocycles. The molecule has 0 radical (unpaired) electrons. The number of benzene rings is 1. The number of aromatic hydroxyl groups is 1. The highest BCUT2D eigenvalue weighted by Crippen LogP contribution is 2.14. The second kappa shape index (κ2) is 5.09. The van der Waals surface area contributed by atoms with Gasteiger partial charge in [0.25, 0.3) is 5.56 Å². The number of H-pyrrole nitrogens is 1. The Labute approximate surface area is 118 Å². The molecule has 0 amide bonds. The molecule has 0 fully saturated rings. The van der Waals surface area contributed by atoms with E-state index >= 15 is 0 Å². The van der Waals surface area contributed by atoms with Crippen molar-refractivity contribution in [2.45, 2.75) is 20.3 Å². The second-order valence-corrected chi connectivity index (χ2v) is 5.40. The van der Waals surface area contributed by atoms with Crippen molar-refractivity contribution < 1.29 is 5.11 Å². The van der Waals surface area contributed by atoms with Gasteiger partial charge in [-0.2, -0.15) is 4.98 Å². The lowest BCUT2D eigenvalue weighted by atomic mass is 10.0. The molecule has 5 heteroatoms. The zero-order valence-corrected chi connectivity index (χ0v) is 12.3. The molecule has 1 aromatic heterocycles. The van der Waals surface area contributed by atoms with Gasteiger partial charge in [-0.05, 0) is 42.0 Å². The first-order valence-electron chi connectivity index (χ1n) is 5.50. The molecule has 18 heavy (non-hydrogen) atoms. The Morgan fingerprint density at radius 1 is 1.28 bits per heavy atom. The third kappa shape index (κ3) is 2.90. The van der Waals surface area contributed by atoms with Gasteiger partial charge >= 0.3 is 0 Å². The van der Waals surface area contributed by atoms with Crippen molar-refractivity contribution in [3.8, 4) is 5.88 Å². The van der Waals surface area contributed by atoms with Crippen LogP contribution in [-0.4, -0.2) is 15.1 Å². The van der Waals surface area contributed by atoms with Crippen molar-refractivity contribution in [2.24, 2.45) is 0 Å². The topological polar surface area (TPSA) is 66.0 Å². The van der Waals surface area contributed by atoms with Crippen LogP contribution in [0, 0.1) is 17.4 Å². The van der Waals surface area contributed by atoms with E-state index in [1.165, 1.54) is 11.1 Å². The monoisotopic (exact) mass is 356 g/mol. The van der Waals surface area contributed by atoms with E-state index in [0.717, 1.165) is 5.56 Å². The Kier molecular flexibility index (Phi) is 3.70. The summed E-state index contributed by atoms with van der Waals surface area (Å²) in [4.78, 5) is 18.2. The summed E-state index contributed by atoms with van der Waals surface area (Å²) >= 11 is 1.77. The third-order valence-electron chi connectivity index (χ3n) is 2.55. The zero-order valence-electron chi connectivity index (χ0n) is 10.1. The predicted molar refractivity (Wildman–Crippen MR) is 78.0 cm³/mol. The highest BCUT2D eigenvalue weighted by atomic mass is 127. The van der Waals surface area contributed by atoms with Gasteiger partial charge in [0.2, 0.25) is 5.88 Å². The Balaban J connectivity index is 2.37. The van der Waals surface area contributed by atoms with Gasteiger partial charge in [-0.25, -0.2) is 0 Å². The van der Waals surface area contributed by atoms with Crippen LogP contribution in [0.5, 0.6) is 5.88 Å². The van der Waals surface area contributed by atoms with Gasteiger partial charge in [0.1, 0.15) is 9.39 Å². The molecule has 0 unspecified atom stereocenters. The Bertz CT molecular complexity index is 630. The fourth-order valence-electron chi connectivity index (χ4n) is 1.94. The Hall–Kier alpha value is -1.37. The largest absolute Gasteiger partial charge is 0.492 e. The molecule has 94 valence electrons. The third-order valence-corrected chi connectivity index (χ3v) is 3.52. The second-order valence-electron chi connectivity index (χ2n) is 4.32. The fourth-order valence-corrected chi connectivity index (χ4v) is 2.20. The molecule has 2 rings (SSSR count). The van der Waals surface area contributed by atoms with E-state index in [1.54, 1.807) is 22.6 Å². The van der Waals surface area contributed by atoms with E-state index < -0.39 is 0 Å². The number of hydrogen-bond acceptors (Lipinski definition) is 3. The van der Waals surface area contributed by atoms with Gasteiger partial charge in [0.15, 0.2) is 0 Å². The number of rotatable bonds is 2. The van der Waals surface area contributed by atoms with Gasteiger partial charge in [-0.1, -0.05) is 29.3 Å². The van der Waals surface area contributed by atoms with Crippen molar-refractivity contribution in [3.05, 3.63) is 54.6 Å². The number of nitrogens with zero attached hydrogens (tertiary/aromatic N) is 1. The van der Waals surface area contributed by atoms with Crippen molar-refractivity contribution in [1.82, 2.24) is 9.97 Å². The van der Waals surface area contributed by atoms with E-state index in [1.807, 2.05) is 26.0 Å². The molecule has 0 aliphatic rings. The van der Waals surface area contributed by atoms with Crippen molar-refractivity contribution in [2.75, 3.05) is 0 Å². The van der Waals surface area contributed by atoms with Gasteiger partial charge in [0, 0.05) is 6.42 Å². The van der Waals surface area contributed by atoms with E-state index in [4.69, 9.17) is 0 Å². The molecule has 0 aliphatic carbocycles. The fraction of sp³-hybridized carbons (Fsp3) is 0.231. The molecule has 4 nitrogen and oxygen atoms in total. The van der Waals surface area contributed by atoms with Crippen LogP contribution in [0.1, 0.15) is 22.5 Å². The quantitative estimate of drug-likeness (QED) is 0.812. The van der Waals surface area contributed by atoms with Crippen LogP contribution in [0.25, 0.3) is 0 Å². The number of hydrogen-bond donors (Lipinski definition) is 2. The van der Waals surface area contributed by atoms with Crippen molar-refractivity contribution >= 4 is 22.6 Å². The SMILES string of the molecule is Cc1cc(C)cc(Cc2nc(O)c(I)c(=O)[nH]2)c1. The minimum absolute atomic E-state index is 0.210. The van der Waals surface area contributed by atoms with Crippen LogP contribution in [0.4, 0.5) is 0 Å². The summed E-state index contributed by atoms with van der Waals surface area (Å²) in [5.41, 5.74) is 3.10. The van der Waals surface area contributed by atoms with Crippen molar-refractivity contribution in [3.63, 3.8) is 0 Å². The summed E-state index contributed by atoms with van der Waals surface area (Å²) in [5.74, 6) is 0.265. The number of nitrogens with one attached hydrogen (secondary N) is 1. The standard InChI is InChI=1S/C13H13IN2O2/c1-7-3-8(2)5-9(4-7)6-10-15-12(17)11(14)13(18)16-10/h3-5H,6H2,1-2H3,(H2,15,16,17,18). The van der Waals surface area contributed by atoms with Crippen LogP contribution < -0.4 is 5.56 Å². The lowest BCUT2D eigenvalue weighted by Crippen LogP contribution is -2.14. The van der Waals surface area contributed by atoms with Gasteiger partial charge < -0.3 is 10.1 Å². The molecule has 0 saturated heterocycles. The molecule has 0 bridgehead atoms. The summed E-state index contributed by atoms with van der Waals surface area (Å²) in [5, 5.41) is 9.53. The number of aromatic nitrogens is 2. The molecule has 0 aliphatic heterocycles. The summed E-state index contributed by atoms with van der Waals surface area (Å²) in [6.45, 7) is 4.05. The average molecular weight is 356 g/mol. The first kappa shape index (κ1) is 13.1. The summed E-state index contributed by atoms with van der Waals surface area (Å²) in [7, 11) is 0. The van der Waals surface area contributed by atoms with E-state index in [9.17, 15) is 9.90 Å². The Morgan fingerprint density at radius 2 is 1.89 bits per heavy atom. The molecule has 2 aromatic rings.